The Morgan fingerprint density at radius 2 is 2.07 bits per heavy atom. The molecule has 2 aromatic heterocycles. The maximum Gasteiger partial charge on any atom is 0.285 e. The number of fused-ring (bicyclic) bond motifs is 1. The summed E-state index contributed by atoms with van der Waals surface area (Å²) in [4.78, 5) is 20.9. The number of nitrogens with one attached hydrogen (secondary N) is 1. The molecule has 0 radical (unpaired) electrons. The first-order valence-electron chi connectivity index (χ1n) is 9.31. The fraction of sp³-hybridized carbons (Fsp3) is 0.350. The van der Waals surface area contributed by atoms with Crippen molar-refractivity contribution in [2.45, 2.75) is 31.8 Å². The Bertz CT molecular complexity index is 989. The van der Waals surface area contributed by atoms with E-state index in [1.54, 1.807) is 0 Å². The van der Waals surface area contributed by atoms with Gasteiger partial charge in [-0.15, -0.1) is 11.3 Å². The number of aromatic nitrogens is 3. The van der Waals surface area contributed by atoms with Crippen LogP contribution < -0.4 is 5.32 Å². The molecule has 0 unspecified atom stereocenters. The molecule has 1 aliphatic heterocycles. The van der Waals surface area contributed by atoms with Gasteiger partial charge in [-0.2, -0.15) is 5.10 Å². The zero-order valence-corrected chi connectivity index (χ0v) is 16.0. The van der Waals surface area contributed by atoms with Gasteiger partial charge in [0.25, 0.3) is 5.91 Å². The van der Waals surface area contributed by atoms with Crippen LogP contribution in [0.4, 0.5) is 5.82 Å². The van der Waals surface area contributed by atoms with E-state index < -0.39 is 0 Å². The quantitative estimate of drug-likeness (QED) is 0.753. The Morgan fingerprint density at radius 1 is 1.26 bits per heavy atom. The maximum absolute atomic E-state index is 12.8. The molecule has 1 amide bonds. The highest BCUT2D eigenvalue weighted by Crippen LogP contribution is 2.38. The summed E-state index contributed by atoms with van der Waals surface area (Å²) in [6, 6.07) is 12.4. The lowest BCUT2D eigenvalue weighted by Crippen LogP contribution is -2.25. The first-order chi connectivity index (χ1) is 13.2. The number of amides is 1. The molecule has 1 aliphatic carbocycles. The number of carbonyl (C=O) groups excluding carboxylic acids is 1. The standard InChI is InChI=1S/C20H21N5OS/c1-24-10-9-15-17(12-24)27-20(21-15)19(26)22-18-11-16(13-5-3-2-4-6-13)23-25(18)14-7-8-14/h2-6,11,14H,7-10,12H2,1H3,(H,22,26). The fourth-order valence-electron chi connectivity index (χ4n) is 3.43. The number of thiazole rings is 1. The van der Waals surface area contributed by atoms with Crippen LogP contribution in [0.3, 0.4) is 0 Å². The second-order valence-corrected chi connectivity index (χ2v) is 8.37. The van der Waals surface area contributed by atoms with E-state index in [0.717, 1.165) is 55.1 Å². The van der Waals surface area contributed by atoms with Crippen molar-refractivity contribution in [1.82, 2.24) is 19.7 Å². The molecule has 27 heavy (non-hydrogen) atoms. The van der Waals surface area contributed by atoms with Crippen molar-refractivity contribution >= 4 is 23.1 Å². The third kappa shape index (κ3) is 3.28. The van der Waals surface area contributed by atoms with Gasteiger partial charge in [0.05, 0.1) is 17.4 Å². The number of hydrogen-bond acceptors (Lipinski definition) is 5. The van der Waals surface area contributed by atoms with Gasteiger partial charge >= 0.3 is 0 Å². The number of anilines is 1. The van der Waals surface area contributed by atoms with Crippen molar-refractivity contribution in [2.24, 2.45) is 0 Å². The van der Waals surface area contributed by atoms with E-state index in [9.17, 15) is 4.79 Å². The number of rotatable bonds is 4. The van der Waals surface area contributed by atoms with E-state index in [-0.39, 0.29) is 5.91 Å². The van der Waals surface area contributed by atoms with Crippen molar-refractivity contribution in [2.75, 3.05) is 18.9 Å². The smallest absolute Gasteiger partial charge is 0.285 e. The SMILES string of the molecule is CN1CCc2nc(C(=O)Nc3cc(-c4ccccc4)nn3C3CC3)sc2C1. The second-order valence-electron chi connectivity index (χ2n) is 7.29. The third-order valence-electron chi connectivity index (χ3n) is 5.06. The predicted octanol–water partition coefficient (Wildman–Crippen LogP) is 3.58. The lowest BCUT2D eigenvalue weighted by molar-refractivity contribution is 0.102. The number of benzene rings is 1. The summed E-state index contributed by atoms with van der Waals surface area (Å²) in [5, 5.41) is 8.34. The maximum atomic E-state index is 12.8. The van der Waals surface area contributed by atoms with Gasteiger partial charge in [0, 0.05) is 36.0 Å². The van der Waals surface area contributed by atoms with Crippen LogP contribution in [0.5, 0.6) is 0 Å². The van der Waals surface area contributed by atoms with Crippen molar-refractivity contribution in [1.29, 1.82) is 0 Å². The molecule has 3 aromatic rings. The van der Waals surface area contributed by atoms with Crippen LogP contribution in [0, 0.1) is 0 Å². The summed E-state index contributed by atoms with van der Waals surface area (Å²) in [7, 11) is 2.10. The van der Waals surface area contributed by atoms with Gasteiger partial charge in [-0.05, 0) is 19.9 Å². The molecule has 7 heteroatoms. The summed E-state index contributed by atoms with van der Waals surface area (Å²) < 4.78 is 1.96. The third-order valence-corrected chi connectivity index (χ3v) is 6.14. The molecule has 0 bridgehead atoms. The average Bonchev–Trinajstić information content (AvgIpc) is 3.30. The van der Waals surface area contributed by atoms with E-state index in [2.05, 4.69) is 22.2 Å². The van der Waals surface area contributed by atoms with Crippen LogP contribution in [0.1, 0.15) is 39.3 Å². The number of likely N-dealkylation sites (N-methyl/N-ethyl adjacent to an activating group) is 1. The summed E-state index contributed by atoms with van der Waals surface area (Å²) >= 11 is 1.51. The Hall–Kier alpha value is -2.51. The molecule has 3 heterocycles. The topological polar surface area (TPSA) is 63.1 Å². The lowest BCUT2D eigenvalue weighted by atomic mass is 10.2. The Labute approximate surface area is 161 Å². The molecule has 1 N–H and O–H groups in total. The molecule has 0 saturated heterocycles. The van der Waals surface area contributed by atoms with Crippen LogP contribution in [-0.2, 0) is 13.0 Å². The van der Waals surface area contributed by atoms with E-state index in [1.165, 1.54) is 16.2 Å². The Morgan fingerprint density at radius 3 is 2.85 bits per heavy atom. The lowest BCUT2D eigenvalue weighted by Gasteiger charge is -2.20. The van der Waals surface area contributed by atoms with Gasteiger partial charge in [-0.1, -0.05) is 30.3 Å². The minimum atomic E-state index is -0.140. The Kier molecular flexibility index (Phi) is 4.06. The Balaban J connectivity index is 1.42. The van der Waals surface area contributed by atoms with Crippen molar-refractivity contribution in [3.8, 4) is 11.3 Å². The van der Waals surface area contributed by atoms with Crippen LogP contribution in [0.2, 0.25) is 0 Å². The highest BCUT2D eigenvalue weighted by molar-refractivity contribution is 7.13. The summed E-state index contributed by atoms with van der Waals surface area (Å²) in [6.45, 7) is 1.87. The monoisotopic (exact) mass is 379 g/mol. The minimum absolute atomic E-state index is 0.140. The first-order valence-corrected chi connectivity index (χ1v) is 10.1. The molecular weight excluding hydrogens is 358 g/mol. The normalized spacial score (nSPS) is 16.9. The van der Waals surface area contributed by atoms with E-state index in [1.807, 2.05) is 41.1 Å². The largest absolute Gasteiger partial charge is 0.305 e. The van der Waals surface area contributed by atoms with Gasteiger partial charge < -0.3 is 10.2 Å². The minimum Gasteiger partial charge on any atom is -0.305 e. The van der Waals surface area contributed by atoms with Gasteiger partial charge in [0.1, 0.15) is 5.82 Å². The van der Waals surface area contributed by atoms with Crippen LogP contribution in [-0.4, -0.2) is 39.2 Å². The van der Waals surface area contributed by atoms with Crippen LogP contribution in [0.15, 0.2) is 36.4 Å². The van der Waals surface area contributed by atoms with Crippen LogP contribution >= 0.6 is 11.3 Å². The van der Waals surface area contributed by atoms with Gasteiger partial charge in [-0.25, -0.2) is 9.67 Å². The highest BCUT2D eigenvalue weighted by Gasteiger charge is 2.29. The van der Waals surface area contributed by atoms with Crippen molar-refractivity contribution < 1.29 is 4.79 Å². The molecule has 2 aliphatic rings. The number of carbonyl (C=O) groups is 1. The van der Waals surface area contributed by atoms with Crippen molar-refractivity contribution in [3.63, 3.8) is 0 Å². The molecule has 1 aromatic carbocycles. The summed E-state index contributed by atoms with van der Waals surface area (Å²) in [6.07, 6.45) is 3.13. The average molecular weight is 379 g/mol. The summed E-state index contributed by atoms with van der Waals surface area (Å²) in [5.74, 6) is 0.616. The summed E-state index contributed by atoms with van der Waals surface area (Å²) in [5.41, 5.74) is 3.02. The second kappa shape index (κ2) is 6.58. The van der Waals surface area contributed by atoms with Gasteiger partial charge in [0.2, 0.25) is 0 Å². The molecular formula is C20H21N5OS. The zero-order chi connectivity index (χ0) is 18.4. The molecule has 1 fully saturated rings. The predicted molar refractivity (Wildman–Crippen MR) is 106 cm³/mol. The molecule has 138 valence electrons. The highest BCUT2D eigenvalue weighted by atomic mass is 32.1. The molecule has 1 saturated carbocycles. The van der Waals surface area contributed by atoms with E-state index >= 15 is 0 Å². The zero-order valence-electron chi connectivity index (χ0n) is 15.2. The fourth-order valence-corrected chi connectivity index (χ4v) is 4.51. The number of hydrogen-bond donors (Lipinski definition) is 1. The molecule has 0 atom stereocenters. The van der Waals surface area contributed by atoms with Crippen LogP contribution in [0.25, 0.3) is 11.3 Å². The van der Waals surface area contributed by atoms with E-state index in [4.69, 9.17) is 5.10 Å². The molecule has 0 spiro atoms. The number of nitrogens with zero attached hydrogens (tertiary/aromatic N) is 4. The van der Waals surface area contributed by atoms with Crippen molar-refractivity contribution in [3.05, 3.63) is 52.0 Å². The molecule has 6 nitrogen and oxygen atoms in total. The van der Waals surface area contributed by atoms with Gasteiger partial charge in [0.15, 0.2) is 5.01 Å². The first kappa shape index (κ1) is 16.6. The molecule has 5 rings (SSSR count). The van der Waals surface area contributed by atoms with E-state index in [0.29, 0.717) is 11.0 Å². The van der Waals surface area contributed by atoms with Gasteiger partial charge in [-0.3, -0.25) is 4.79 Å².